The molecule has 6 heteroatoms. The van der Waals surface area contributed by atoms with Gasteiger partial charge in [0.15, 0.2) is 5.96 Å². The highest BCUT2D eigenvalue weighted by Crippen LogP contribution is 2.10. The maximum atomic E-state index is 13.3. The van der Waals surface area contributed by atoms with E-state index in [0.29, 0.717) is 37.7 Å². The van der Waals surface area contributed by atoms with Gasteiger partial charge in [0.25, 0.3) is 0 Å². The zero-order valence-electron chi connectivity index (χ0n) is 15.4. The van der Waals surface area contributed by atoms with Crippen LogP contribution in [0.2, 0.25) is 0 Å². The van der Waals surface area contributed by atoms with Crippen LogP contribution in [0.5, 0.6) is 0 Å². The van der Waals surface area contributed by atoms with E-state index in [4.69, 9.17) is 0 Å². The smallest absolute Gasteiger partial charge is 0.242 e. The van der Waals surface area contributed by atoms with Gasteiger partial charge >= 0.3 is 0 Å². The van der Waals surface area contributed by atoms with Gasteiger partial charge in [-0.25, -0.2) is 9.38 Å². The highest BCUT2D eigenvalue weighted by Gasteiger charge is 2.15. The summed E-state index contributed by atoms with van der Waals surface area (Å²) in [6.07, 6.45) is 0. The first-order valence-electron chi connectivity index (χ1n) is 8.45. The third kappa shape index (κ3) is 5.83. The number of nitrogens with zero attached hydrogens (tertiary/aromatic N) is 3. The third-order valence-corrected chi connectivity index (χ3v) is 3.82. The van der Waals surface area contributed by atoms with Gasteiger partial charge in [0.2, 0.25) is 5.91 Å². The van der Waals surface area contributed by atoms with Gasteiger partial charge in [-0.1, -0.05) is 12.1 Å². The summed E-state index contributed by atoms with van der Waals surface area (Å²) in [6, 6.07) is 4.99. The van der Waals surface area contributed by atoms with Crippen molar-refractivity contribution in [1.82, 2.24) is 15.1 Å². The first-order chi connectivity index (χ1) is 11.4. The lowest BCUT2D eigenvalue weighted by molar-refractivity contribution is -0.131. The SMILES string of the molecule is CCNC(=NCc1ccc(F)c(C)c1)N(C)CC(=O)N(CC)CC. The van der Waals surface area contributed by atoms with E-state index in [2.05, 4.69) is 10.3 Å². The molecule has 1 N–H and O–H groups in total. The largest absolute Gasteiger partial charge is 0.357 e. The Morgan fingerprint density at radius 3 is 2.46 bits per heavy atom. The van der Waals surface area contributed by atoms with Crippen molar-refractivity contribution in [3.05, 3.63) is 35.1 Å². The molecule has 0 aliphatic rings. The minimum atomic E-state index is -0.212. The molecule has 0 heterocycles. The number of benzene rings is 1. The Hall–Kier alpha value is -2.11. The third-order valence-electron chi connectivity index (χ3n) is 3.82. The van der Waals surface area contributed by atoms with Crippen molar-refractivity contribution in [1.29, 1.82) is 0 Å². The molecule has 0 aromatic heterocycles. The van der Waals surface area contributed by atoms with Crippen molar-refractivity contribution in [2.45, 2.75) is 34.2 Å². The number of amides is 1. The molecule has 0 unspecified atom stereocenters. The predicted molar refractivity (Wildman–Crippen MR) is 96.5 cm³/mol. The van der Waals surface area contributed by atoms with Crippen molar-refractivity contribution in [2.24, 2.45) is 4.99 Å². The van der Waals surface area contributed by atoms with Gasteiger partial charge in [-0.15, -0.1) is 0 Å². The predicted octanol–water partition coefficient (Wildman–Crippen LogP) is 2.40. The molecular weight excluding hydrogens is 307 g/mol. The van der Waals surface area contributed by atoms with E-state index in [1.165, 1.54) is 6.07 Å². The van der Waals surface area contributed by atoms with E-state index in [1.807, 2.05) is 32.7 Å². The Kier molecular flexibility index (Phi) is 8.22. The Morgan fingerprint density at radius 2 is 1.92 bits per heavy atom. The van der Waals surface area contributed by atoms with Crippen molar-refractivity contribution >= 4 is 11.9 Å². The number of aryl methyl sites for hydroxylation is 1. The molecule has 1 aromatic rings. The number of guanidine groups is 1. The normalized spacial score (nSPS) is 11.3. The first kappa shape index (κ1) is 19.9. The van der Waals surface area contributed by atoms with Gasteiger partial charge in [0.05, 0.1) is 13.1 Å². The molecular formula is C18H29FN4O. The summed E-state index contributed by atoms with van der Waals surface area (Å²) in [5, 5.41) is 3.19. The van der Waals surface area contributed by atoms with E-state index in [1.54, 1.807) is 24.0 Å². The van der Waals surface area contributed by atoms with Gasteiger partial charge < -0.3 is 15.1 Å². The highest BCUT2D eigenvalue weighted by atomic mass is 19.1. The lowest BCUT2D eigenvalue weighted by atomic mass is 10.1. The second kappa shape index (κ2) is 9.90. The minimum Gasteiger partial charge on any atom is -0.357 e. The van der Waals surface area contributed by atoms with Crippen LogP contribution in [-0.4, -0.2) is 54.9 Å². The number of carbonyl (C=O) groups is 1. The average Bonchev–Trinajstić information content (AvgIpc) is 2.55. The zero-order valence-corrected chi connectivity index (χ0v) is 15.4. The van der Waals surface area contributed by atoms with Crippen molar-refractivity contribution in [2.75, 3.05) is 33.2 Å². The summed E-state index contributed by atoms with van der Waals surface area (Å²) in [5.41, 5.74) is 1.55. The summed E-state index contributed by atoms with van der Waals surface area (Å²) >= 11 is 0. The Balaban J connectivity index is 2.80. The van der Waals surface area contributed by atoms with Crippen LogP contribution in [0, 0.1) is 12.7 Å². The molecule has 134 valence electrons. The molecule has 0 spiro atoms. The summed E-state index contributed by atoms with van der Waals surface area (Å²) < 4.78 is 13.3. The average molecular weight is 336 g/mol. The van der Waals surface area contributed by atoms with Crippen LogP contribution >= 0.6 is 0 Å². The lowest BCUT2D eigenvalue weighted by Crippen LogP contribution is -2.45. The molecule has 0 atom stereocenters. The Bertz CT molecular complexity index is 570. The maximum Gasteiger partial charge on any atom is 0.242 e. The molecule has 1 rings (SSSR count). The van der Waals surface area contributed by atoms with Crippen LogP contribution in [0.25, 0.3) is 0 Å². The molecule has 0 fully saturated rings. The van der Waals surface area contributed by atoms with Crippen LogP contribution in [0.3, 0.4) is 0 Å². The number of rotatable bonds is 7. The van der Waals surface area contributed by atoms with Crippen LogP contribution in [0.1, 0.15) is 31.9 Å². The van der Waals surface area contributed by atoms with E-state index in [9.17, 15) is 9.18 Å². The number of likely N-dealkylation sites (N-methyl/N-ethyl adjacent to an activating group) is 2. The summed E-state index contributed by atoms with van der Waals surface area (Å²) in [4.78, 5) is 20.4. The monoisotopic (exact) mass is 336 g/mol. The first-order valence-corrected chi connectivity index (χ1v) is 8.45. The molecule has 1 aromatic carbocycles. The second-order valence-electron chi connectivity index (χ2n) is 5.68. The second-order valence-corrected chi connectivity index (χ2v) is 5.68. The standard InChI is InChI=1S/C18H29FN4O/c1-6-20-18(22(5)13-17(24)23(7-2)8-3)21-12-15-9-10-16(19)14(4)11-15/h9-11H,6-8,12-13H2,1-5H3,(H,20,21). The number of nitrogens with one attached hydrogen (secondary N) is 1. The summed E-state index contributed by atoms with van der Waals surface area (Å²) in [7, 11) is 1.85. The molecule has 5 nitrogen and oxygen atoms in total. The summed E-state index contributed by atoms with van der Waals surface area (Å²) in [5.74, 6) is 0.530. The fourth-order valence-electron chi connectivity index (χ4n) is 2.40. The molecule has 0 aliphatic carbocycles. The molecule has 0 aliphatic heterocycles. The molecule has 0 saturated heterocycles. The number of hydrogen-bond acceptors (Lipinski definition) is 2. The number of carbonyl (C=O) groups excluding carboxylic acids is 1. The fraction of sp³-hybridized carbons (Fsp3) is 0.556. The number of aliphatic imine (C=N–C) groups is 1. The van der Waals surface area contributed by atoms with E-state index < -0.39 is 0 Å². The summed E-state index contributed by atoms with van der Waals surface area (Å²) in [6.45, 7) is 10.5. The molecule has 0 radical (unpaired) electrons. The van der Waals surface area contributed by atoms with Gasteiger partial charge in [-0.3, -0.25) is 4.79 Å². The Morgan fingerprint density at radius 1 is 1.25 bits per heavy atom. The van der Waals surface area contributed by atoms with Gasteiger partial charge in [-0.2, -0.15) is 0 Å². The van der Waals surface area contributed by atoms with Gasteiger partial charge in [0.1, 0.15) is 5.82 Å². The number of hydrogen-bond donors (Lipinski definition) is 1. The van der Waals surface area contributed by atoms with Crippen molar-refractivity contribution < 1.29 is 9.18 Å². The Labute approximate surface area is 144 Å². The van der Waals surface area contributed by atoms with Crippen molar-refractivity contribution in [3.8, 4) is 0 Å². The minimum absolute atomic E-state index is 0.0747. The lowest BCUT2D eigenvalue weighted by Gasteiger charge is -2.25. The maximum absolute atomic E-state index is 13.3. The van der Waals surface area contributed by atoms with Gasteiger partial charge in [-0.05, 0) is 44.9 Å². The van der Waals surface area contributed by atoms with Gasteiger partial charge in [0, 0.05) is 26.7 Å². The molecule has 1 amide bonds. The van der Waals surface area contributed by atoms with Crippen LogP contribution in [0.15, 0.2) is 23.2 Å². The van der Waals surface area contributed by atoms with E-state index in [-0.39, 0.29) is 18.3 Å². The topological polar surface area (TPSA) is 47.9 Å². The quantitative estimate of drug-likeness (QED) is 0.614. The van der Waals surface area contributed by atoms with Crippen LogP contribution in [-0.2, 0) is 11.3 Å². The highest BCUT2D eigenvalue weighted by molar-refractivity contribution is 5.86. The molecule has 24 heavy (non-hydrogen) atoms. The van der Waals surface area contributed by atoms with Crippen LogP contribution in [0.4, 0.5) is 4.39 Å². The fourth-order valence-corrected chi connectivity index (χ4v) is 2.40. The molecule has 0 saturated carbocycles. The van der Waals surface area contributed by atoms with Crippen LogP contribution < -0.4 is 5.32 Å². The van der Waals surface area contributed by atoms with E-state index >= 15 is 0 Å². The zero-order chi connectivity index (χ0) is 18.1. The number of halogens is 1. The molecule has 0 bridgehead atoms. The van der Waals surface area contributed by atoms with E-state index in [0.717, 1.165) is 5.56 Å². The van der Waals surface area contributed by atoms with Crippen molar-refractivity contribution in [3.63, 3.8) is 0 Å².